The fraction of sp³-hybridized carbons (Fsp3) is 0.292. The minimum atomic E-state index is 0.278. The predicted octanol–water partition coefficient (Wildman–Crippen LogP) is 6.58. The number of hydrogen-bond donors (Lipinski definition) is 1. The number of ether oxygens (including phenoxy) is 3. The molecule has 0 aliphatic carbocycles. The van der Waals surface area contributed by atoms with Crippen LogP contribution in [-0.2, 0) is 13.2 Å². The lowest BCUT2D eigenvalue weighted by atomic mass is 10.2. The number of benzene rings is 2. The highest BCUT2D eigenvalue weighted by molar-refractivity contribution is 6.35. The van der Waals surface area contributed by atoms with E-state index in [9.17, 15) is 0 Å². The Morgan fingerprint density at radius 1 is 0.875 bits per heavy atom. The summed E-state index contributed by atoms with van der Waals surface area (Å²) in [6.45, 7) is 4.68. The largest absolute Gasteiger partial charge is 0.490 e. The molecule has 32 heavy (non-hydrogen) atoms. The molecule has 0 spiro atoms. The molecule has 0 fully saturated rings. The molecule has 3 aromatic rings. The molecule has 3 rings (SSSR count). The standard InChI is InChI=1S/C24H25Cl3N2O3/c1-2-30-22-12-18(15-28-9-5-11-31-24-6-3-4-10-29-24)21(27)14-23(22)32-16-17-7-8-19(25)13-20(17)26/h3-4,6-8,10,12-14,28H,2,5,9,11,15-16H2,1H3. The summed E-state index contributed by atoms with van der Waals surface area (Å²) < 4.78 is 17.3. The molecule has 1 aromatic heterocycles. The fourth-order valence-electron chi connectivity index (χ4n) is 2.92. The number of nitrogens with zero attached hydrogens (tertiary/aromatic N) is 1. The molecule has 0 saturated carbocycles. The molecule has 1 heterocycles. The average molecular weight is 496 g/mol. The van der Waals surface area contributed by atoms with Crippen molar-refractivity contribution in [3.63, 3.8) is 0 Å². The van der Waals surface area contributed by atoms with Gasteiger partial charge in [0, 0.05) is 45.5 Å². The van der Waals surface area contributed by atoms with Crippen LogP contribution in [0.3, 0.4) is 0 Å². The van der Waals surface area contributed by atoms with Gasteiger partial charge in [-0.25, -0.2) is 4.98 Å². The second kappa shape index (κ2) is 12.8. The van der Waals surface area contributed by atoms with Crippen LogP contribution in [0.2, 0.25) is 15.1 Å². The van der Waals surface area contributed by atoms with Crippen molar-refractivity contribution < 1.29 is 14.2 Å². The highest BCUT2D eigenvalue weighted by Crippen LogP contribution is 2.35. The number of hydrogen-bond acceptors (Lipinski definition) is 5. The number of nitrogens with one attached hydrogen (secondary N) is 1. The molecule has 0 atom stereocenters. The van der Waals surface area contributed by atoms with Gasteiger partial charge < -0.3 is 19.5 Å². The Morgan fingerprint density at radius 2 is 1.69 bits per heavy atom. The van der Waals surface area contributed by atoms with Crippen molar-refractivity contribution >= 4 is 34.8 Å². The van der Waals surface area contributed by atoms with Gasteiger partial charge in [-0.3, -0.25) is 0 Å². The van der Waals surface area contributed by atoms with E-state index >= 15 is 0 Å². The minimum absolute atomic E-state index is 0.278. The van der Waals surface area contributed by atoms with Crippen LogP contribution in [0, 0.1) is 0 Å². The molecule has 0 amide bonds. The van der Waals surface area contributed by atoms with Gasteiger partial charge in [-0.05, 0) is 49.7 Å². The third kappa shape index (κ3) is 7.45. The highest BCUT2D eigenvalue weighted by Gasteiger charge is 2.12. The van der Waals surface area contributed by atoms with Crippen molar-refractivity contribution in [1.82, 2.24) is 10.3 Å². The van der Waals surface area contributed by atoms with Gasteiger partial charge >= 0.3 is 0 Å². The topological polar surface area (TPSA) is 52.6 Å². The molecular formula is C24H25Cl3N2O3. The van der Waals surface area contributed by atoms with E-state index in [2.05, 4.69) is 10.3 Å². The molecule has 0 aliphatic heterocycles. The van der Waals surface area contributed by atoms with E-state index in [0.717, 1.165) is 24.1 Å². The van der Waals surface area contributed by atoms with Gasteiger partial charge in [0.1, 0.15) is 6.61 Å². The maximum absolute atomic E-state index is 6.50. The van der Waals surface area contributed by atoms with Crippen LogP contribution in [-0.4, -0.2) is 24.7 Å². The SMILES string of the molecule is CCOc1cc(CNCCCOc2ccccn2)c(Cl)cc1OCc1ccc(Cl)cc1Cl. The molecule has 8 heteroatoms. The summed E-state index contributed by atoms with van der Waals surface area (Å²) in [7, 11) is 0. The number of aromatic nitrogens is 1. The summed E-state index contributed by atoms with van der Waals surface area (Å²) in [4.78, 5) is 4.14. The summed E-state index contributed by atoms with van der Waals surface area (Å²) in [5, 5.41) is 5.11. The zero-order valence-electron chi connectivity index (χ0n) is 17.7. The van der Waals surface area contributed by atoms with Gasteiger partial charge in [0.2, 0.25) is 5.88 Å². The van der Waals surface area contributed by atoms with E-state index in [1.165, 1.54) is 0 Å². The molecule has 2 aromatic carbocycles. The first-order chi connectivity index (χ1) is 15.6. The Balaban J connectivity index is 1.53. The van der Waals surface area contributed by atoms with Gasteiger partial charge in [-0.15, -0.1) is 0 Å². The van der Waals surface area contributed by atoms with Gasteiger partial charge in [-0.1, -0.05) is 46.9 Å². The lowest BCUT2D eigenvalue weighted by molar-refractivity contribution is 0.269. The second-order valence-electron chi connectivity index (χ2n) is 6.89. The smallest absolute Gasteiger partial charge is 0.213 e. The normalized spacial score (nSPS) is 10.8. The first-order valence-electron chi connectivity index (χ1n) is 10.3. The van der Waals surface area contributed by atoms with Crippen LogP contribution >= 0.6 is 34.8 Å². The van der Waals surface area contributed by atoms with Crippen molar-refractivity contribution in [1.29, 1.82) is 0 Å². The van der Waals surface area contributed by atoms with E-state index in [-0.39, 0.29) is 6.61 Å². The summed E-state index contributed by atoms with van der Waals surface area (Å²) in [6, 6.07) is 14.6. The van der Waals surface area contributed by atoms with Gasteiger partial charge in [-0.2, -0.15) is 0 Å². The maximum atomic E-state index is 6.50. The minimum Gasteiger partial charge on any atom is -0.490 e. The van der Waals surface area contributed by atoms with Gasteiger partial charge in [0.05, 0.1) is 13.2 Å². The Labute approximate surface area is 203 Å². The number of rotatable bonds is 12. The zero-order chi connectivity index (χ0) is 22.8. The highest BCUT2D eigenvalue weighted by atomic mass is 35.5. The van der Waals surface area contributed by atoms with Gasteiger partial charge in [0.15, 0.2) is 11.5 Å². The van der Waals surface area contributed by atoms with E-state index in [1.807, 2.05) is 37.3 Å². The monoisotopic (exact) mass is 494 g/mol. The van der Waals surface area contributed by atoms with E-state index in [0.29, 0.717) is 52.2 Å². The zero-order valence-corrected chi connectivity index (χ0v) is 20.0. The van der Waals surface area contributed by atoms with E-state index in [4.69, 9.17) is 49.0 Å². The first-order valence-corrected chi connectivity index (χ1v) is 11.5. The van der Waals surface area contributed by atoms with Crippen LogP contribution in [0.5, 0.6) is 17.4 Å². The summed E-state index contributed by atoms with van der Waals surface area (Å²) in [5.41, 5.74) is 1.76. The lowest BCUT2D eigenvalue weighted by Crippen LogP contribution is -2.17. The molecule has 0 saturated heterocycles. The maximum Gasteiger partial charge on any atom is 0.213 e. The Hall–Kier alpha value is -2.18. The Kier molecular flexibility index (Phi) is 9.75. The summed E-state index contributed by atoms with van der Waals surface area (Å²) in [6.07, 6.45) is 2.55. The van der Waals surface area contributed by atoms with Crippen molar-refractivity contribution in [3.8, 4) is 17.4 Å². The Morgan fingerprint density at radius 3 is 2.44 bits per heavy atom. The van der Waals surface area contributed by atoms with Crippen LogP contribution < -0.4 is 19.5 Å². The van der Waals surface area contributed by atoms with E-state index < -0.39 is 0 Å². The first kappa shape index (κ1) is 24.5. The molecule has 5 nitrogen and oxygen atoms in total. The van der Waals surface area contributed by atoms with Crippen molar-refractivity contribution in [2.75, 3.05) is 19.8 Å². The molecule has 0 aliphatic rings. The molecule has 170 valence electrons. The molecule has 0 radical (unpaired) electrons. The van der Waals surface area contributed by atoms with Crippen LogP contribution in [0.15, 0.2) is 54.7 Å². The molecule has 1 N–H and O–H groups in total. The van der Waals surface area contributed by atoms with E-state index in [1.54, 1.807) is 24.4 Å². The lowest BCUT2D eigenvalue weighted by Gasteiger charge is -2.16. The summed E-state index contributed by atoms with van der Waals surface area (Å²) >= 11 is 18.7. The van der Waals surface area contributed by atoms with Crippen molar-refractivity contribution in [2.45, 2.75) is 26.5 Å². The number of pyridine rings is 1. The predicted molar refractivity (Wildman–Crippen MR) is 129 cm³/mol. The van der Waals surface area contributed by atoms with Gasteiger partial charge in [0.25, 0.3) is 0 Å². The molecular weight excluding hydrogens is 471 g/mol. The average Bonchev–Trinajstić information content (AvgIpc) is 2.78. The van der Waals surface area contributed by atoms with Crippen molar-refractivity contribution in [3.05, 3.63) is 80.9 Å². The van der Waals surface area contributed by atoms with Crippen molar-refractivity contribution in [2.24, 2.45) is 0 Å². The fourth-order valence-corrected chi connectivity index (χ4v) is 3.60. The van der Waals surface area contributed by atoms with Crippen LogP contribution in [0.1, 0.15) is 24.5 Å². The molecule has 0 unspecified atom stereocenters. The Bertz CT molecular complexity index is 1000. The third-order valence-corrected chi connectivity index (χ3v) is 5.45. The third-order valence-electron chi connectivity index (χ3n) is 4.51. The molecule has 0 bridgehead atoms. The second-order valence-corrected chi connectivity index (χ2v) is 8.15. The van der Waals surface area contributed by atoms with Crippen LogP contribution in [0.25, 0.3) is 0 Å². The summed E-state index contributed by atoms with van der Waals surface area (Å²) in [5.74, 6) is 1.83. The number of halogens is 3. The van der Waals surface area contributed by atoms with Crippen LogP contribution in [0.4, 0.5) is 0 Å². The quantitative estimate of drug-likeness (QED) is 0.288.